The van der Waals surface area contributed by atoms with E-state index in [1.54, 1.807) is 6.33 Å². The predicted octanol–water partition coefficient (Wildman–Crippen LogP) is 2.81. The molecule has 1 aromatic heterocycles. The van der Waals surface area contributed by atoms with E-state index in [0.29, 0.717) is 12.0 Å². The lowest BCUT2D eigenvalue weighted by Crippen LogP contribution is -2.24. The fourth-order valence-corrected chi connectivity index (χ4v) is 2.46. The van der Waals surface area contributed by atoms with Gasteiger partial charge in [0.1, 0.15) is 6.33 Å². The Morgan fingerprint density at radius 3 is 2.78 bits per heavy atom. The molecule has 3 rings (SSSR count). The maximum atomic E-state index is 4.32. The molecule has 1 N–H and O–H groups in total. The van der Waals surface area contributed by atoms with Gasteiger partial charge in [0.05, 0.1) is 6.04 Å². The van der Waals surface area contributed by atoms with Crippen LogP contribution in [0.25, 0.3) is 0 Å². The van der Waals surface area contributed by atoms with E-state index in [-0.39, 0.29) is 0 Å². The van der Waals surface area contributed by atoms with Gasteiger partial charge in [0.2, 0.25) is 5.95 Å². The first-order chi connectivity index (χ1) is 8.75. The first kappa shape index (κ1) is 11.3. The Labute approximate surface area is 107 Å². The first-order valence-corrected chi connectivity index (χ1v) is 6.49. The van der Waals surface area contributed by atoms with Gasteiger partial charge in [0.25, 0.3) is 0 Å². The zero-order valence-electron chi connectivity index (χ0n) is 10.8. The van der Waals surface area contributed by atoms with Crippen LogP contribution >= 0.6 is 0 Å². The molecule has 4 heteroatoms. The summed E-state index contributed by atoms with van der Waals surface area (Å²) in [5.74, 6) is 1.45. The van der Waals surface area contributed by atoms with Crippen molar-refractivity contribution in [1.82, 2.24) is 14.8 Å². The minimum absolute atomic E-state index is 0.310. The molecule has 0 radical (unpaired) electrons. The number of aromatic nitrogens is 3. The lowest BCUT2D eigenvalue weighted by molar-refractivity contribution is 0.480. The number of benzene rings is 1. The van der Waals surface area contributed by atoms with E-state index >= 15 is 0 Å². The molecule has 2 heterocycles. The Bertz CT molecular complexity index is 527. The Morgan fingerprint density at radius 1 is 1.28 bits per heavy atom. The van der Waals surface area contributed by atoms with Crippen molar-refractivity contribution in [3.05, 3.63) is 41.7 Å². The molecule has 94 valence electrons. The topological polar surface area (TPSA) is 42.7 Å². The molecule has 0 amide bonds. The van der Waals surface area contributed by atoms with Crippen molar-refractivity contribution in [3.8, 4) is 0 Å². The maximum Gasteiger partial charge on any atom is 0.221 e. The molecule has 0 bridgehead atoms. The molecule has 0 saturated heterocycles. The van der Waals surface area contributed by atoms with Gasteiger partial charge in [-0.3, -0.25) is 0 Å². The summed E-state index contributed by atoms with van der Waals surface area (Å²) in [7, 11) is 0. The SMILES string of the molecule is CC(C)c1ccc(C2CCNc3ncnn32)cc1. The van der Waals surface area contributed by atoms with Gasteiger partial charge < -0.3 is 5.32 Å². The Kier molecular flexibility index (Phi) is 2.78. The van der Waals surface area contributed by atoms with Crippen LogP contribution in [0.15, 0.2) is 30.6 Å². The second-order valence-electron chi connectivity index (χ2n) is 5.08. The van der Waals surface area contributed by atoms with Crippen molar-refractivity contribution >= 4 is 5.95 Å². The summed E-state index contributed by atoms with van der Waals surface area (Å²) in [4.78, 5) is 4.22. The van der Waals surface area contributed by atoms with Gasteiger partial charge >= 0.3 is 0 Å². The minimum atomic E-state index is 0.310. The second-order valence-corrected chi connectivity index (χ2v) is 5.08. The van der Waals surface area contributed by atoms with Crippen molar-refractivity contribution in [2.24, 2.45) is 0 Å². The summed E-state index contributed by atoms with van der Waals surface area (Å²) in [6.07, 6.45) is 2.67. The normalized spacial score (nSPS) is 18.5. The van der Waals surface area contributed by atoms with Crippen molar-refractivity contribution in [2.75, 3.05) is 11.9 Å². The number of anilines is 1. The van der Waals surface area contributed by atoms with E-state index in [0.717, 1.165) is 18.9 Å². The van der Waals surface area contributed by atoms with Crippen molar-refractivity contribution in [1.29, 1.82) is 0 Å². The van der Waals surface area contributed by atoms with Gasteiger partial charge in [-0.25, -0.2) is 4.68 Å². The van der Waals surface area contributed by atoms with Crippen molar-refractivity contribution < 1.29 is 0 Å². The summed E-state index contributed by atoms with van der Waals surface area (Å²) in [6, 6.07) is 9.19. The summed E-state index contributed by atoms with van der Waals surface area (Å²) in [5.41, 5.74) is 2.69. The van der Waals surface area contributed by atoms with Crippen LogP contribution in [0.3, 0.4) is 0 Å². The maximum absolute atomic E-state index is 4.32. The molecule has 1 aliphatic rings. The third-order valence-corrected chi connectivity index (χ3v) is 3.56. The van der Waals surface area contributed by atoms with Crippen LogP contribution in [0.5, 0.6) is 0 Å². The molecular weight excluding hydrogens is 224 g/mol. The molecule has 1 aromatic carbocycles. The largest absolute Gasteiger partial charge is 0.354 e. The number of hydrogen-bond donors (Lipinski definition) is 1. The van der Waals surface area contributed by atoms with Crippen LogP contribution in [0.2, 0.25) is 0 Å². The Balaban J connectivity index is 1.92. The monoisotopic (exact) mass is 242 g/mol. The van der Waals surface area contributed by atoms with E-state index in [2.05, 4.69) is 53.5 Å². The van der Waals surface area contributed by atoms with Gasteiger partial charge in [-0.15, -0.1) is 0 Å². The average Bonchev–Trinajstić information content (AvgIpc) is 2.87. The summed E-state index contributed by atoms with van der Waals surface area (Å²) in [6.45, 7) is 5.39. The zero-order valence-corrected chi connectivity index (χ0v) is 10.8. The fraction of sp³-hybridized carbons (Fsp3) is 0.429. The number of nitrogens with one attached hydrogen (secondary N) is 1. The molecule has 0 saturated carbocycles. The standard InChI is InChI=1S/C14H18N4/c1-10(2)11-3-5-12(6-4-11)13-7-8-15-14-16-9-17-18(13)14/h3-6,9-10,13H,7-8H2,1-2H3,(H,15,16,17). The van der Waals surface area contributed by atoms with Crippen molar-refractivity contribution in [2.45, 2.75) is 32.2 Å². The van der Waals surface area contributed by atoms with Crippen LogP contribution in [0, 0.1) is 0 Å². The number of nitrogens with zero attached hydrogens (tertiary/aromatic N) is 3. The van der Waals surface area contributed by atoms with Gasteiger partial charge in [-0.2, -0.15) is 10.1 Å². The highest BCUT2D eigenvalue weighted by Gasteiger charge is 2.22. The fourth-order valence-electron chi connectivity index (χ4n) is 2.46. The molecular formula is C14H18N4. The van der Waals surface area contributed by atoms with Gasteiger partial charge in [-0.1, -0.05) is 38.1 Å². The number of fused-ring (bicyclic) bond motifs is 1. The summed E-state index contributed by atoms with van der Waals surface area (Å²) in [5, 5.41) is 7.58. The third-order valence-electron chi connectivity index (χ3n) is 3.56. The van der Waals surface area contributed by atoms with Crippen LogP contribution in [0.4, 0.5) is 5.95 Å². The third kappa shape index (κ3) is 1.88. The quantitative estimate of drug-likeness (QED) is 0.880. The van der Waals surface area contributed by atoms with Crippen LogP contribution in [0.1, 0.15) is 43.4 Å². The molecule has 0 spiro atoms. The Morgan fingerprint density at radius 2 is 2.06 bits per heavy atom. The van der Waals surface area contributed by atoms with Gasteiger partial charge in [0, 0.05) is 6.54 Å². The van der Waals surface area contributed by atoms with Gasteiger partial charge in [-0.05, 0) is 23.5 Å². The average molecular weight is 242 g/mol. The van der Waals surface area contributed by atoms with Crippen molar-refractivity contribution in [3.63, 3.8) is 0 Å². The summed E-state index contributed by atoms with van der Waals surface area (Å²) >= 11 is 0. The highest BCUT2D eigenvalue weighted by Crippen LogP contribution is 2.28. The molecule has 4 nitrogen and oxygen atoms in total. The first-order valence-electron chi connectivity index (χ1n) is 6.49. The predicted molar refractivity (Wildman–Crippen MR) is 71.8 cm³/mol. The molecule has 0 aliphatic carbocycles. The number of rotatable bonds is 2. The molecule has 1 aliphatic heterocycles. The van der Waals surface area contributed by atoms with Gasteiger partial charge in [0.15, 0.2) is 0 Å². The smallest absolute Gasteiger partial charge is 0.221 e. The summed E-state index contributed by atoms with van der Waals surface area (Å²) < 4.78 is 1.98. The molecule has 0 fully saturated rings. The van der Waals surface area contributed by atoms with E-state index < -0.39 is 0 Å². The minimum Gasteiger partial charge on any atom is -0.354 e. The lowest BCUT2D eigenvalue weighted by Gasteiger charge is -2.25. The van der Waals surface area contributed by atoms with Crippen LogP contribution in [-0.2, 0) is 0 Å². The van der Waals surface area contributed by atoms with E-state index in [9.17, 15) is 0 Å². The second kappa shape index (κ2) is 4.44. The highest BCUT2D eigenvalue weighted by molar-refractivity contribution is 5.33. The molecule has 2 aromatic rings. The highest BCUT2D eigenvalue weighted by atomic mass is 15.4. The zero-order chi connectivity index (χ0) is 12.5. The lowest BCUT2D eigenvalue weighted by atomic mass is 9.97. The van der Waals surface area contributed by atoms with E-state index in [4.69, 9.17) is 0 Å². The van der Waals surface area contributed by atoms with Crippen LogP contribution in [-0.4, -0.2) is 21.3 Å². The molecule has 1 atom stereocenters. The van der Waals surface area contributed by atoms with E-state index in [1.165, 1.54) is 11.1 Å². The van der Waals surface area contributed by atoms with E-state index in [1.807, 2.05) is 4.68 Å². The van der Waals surface area contributed by atoms with Crippen LogP contribution < -0.4 is 5.32 Å². The molecule has 18 heavy (non-hydrogen) atoms. The molecule has 1 unspecified atom stereocenters. The number of hydrogen-bond acceptors (Lipinski definition) is 3. The Hall–Kier alpha value is -1.84.